The van der Waals surface area contributed by atoms with Crippen molar-refractivity contribution in [1.29, 1.82) is 0 Å². The number of halogens is 3. The van der Waals surface area contributed by atoms with Gasteiger partial charge >= 0.3 is 0 Å². The third-order valence-electron chi connectivity index (χ3n) is 3.08. The quantitative estimate of drug-likeness (QED) is 0.901. The average molecular weight is 344 g/mol. The number of nitrogens with zero attached hydrogens (tertiary/aromatic N) is 2. The van der Waals surface area contributed by atoms with Crippen LogP contribution >= 0.6 is 15.9 Å². The molecule has 0 aliphatic carbocycles. The van der Waals surface area contributed by atoms with E-state index in [1.807, 2.05) is 10.8 Å². The molecule has 0 bridgehead atoms. The van der Waals surface area contributed by atoms with Crippen molar-refractivity contribution in [3.8, 4) is 0 Å². The minimum atomic E-state index is -0.763. The van der Waals surface area contributed by atoms with Gasteiger partial charge in [0.25, 0.3) is 0 Å². The molecule has 0 radical (unpaired) electrons. The molecular formula is C14H16BrF2N3. The summed E-state index contributed by atoms with van der Waals surface area (Å²) in [6.07, 6.45) is 4.77. The van der Waals surface area contributed by atoms with Crippen LogP contribution in [0.4, 0.5) is 8.78 Å². The first-order valence-corrected chi connectivity index (χ1v) is 7.22. The highest BCUT2D eigenvalue weighted by Crippen LogP contribution is 2.25. The Morgan fingerprint density at radius 1 is 1.35 bits per heavy atom. The van der Waals surface area contributed by atoms with E-state index >= 15 is 0 Å². The first-order valence-electron chi connectivity index (χ1n) is 6.43. The van der Waals surface area contributed by atoms with Crippen molar-refractivity contribution in [2.75, 3.05) is 0 Å². The van der Waals surface area contributed by atoms with Gasteiger partial charge in [0.05, 0.1) is 0 Å². The van der Waals surface area contributed by atoms with E-state index in [0.29, 0.717) is 10.9 Å². The SMILES string of the molecule is CCCn1ccnc1CC(N)c1c(F)cc(Br)cc1F. The predicted octanol–water partition coefficient (Wildman–Crippen LogP) is 3.58. The number of rotatable bonds is 5. The van der Waals surface area contributed by atoms with Crippen LogP contribution in [0.15, 0.2) is 29.0 Å². The molecule has 0 aliphatic heterocycles. The molecule has 0 fully saturated rings. The van der Waals surface area contributed by atoms with Gasteiger partial charge in [-0.25, -0.2) is 13.8 Å². The fraction of sp³-hybridized carbons (Fsp3) is 0.357. The Morgan fingerprint density at radius 3 is 2.60 bits per heavy atom. The van der Waals surface area contributed by atoms with Gasteiger partial charge in [0.1, 0.15) is 17.5 Å². The number of aryl methyl sites for hydroxylation is 1. The van der Waals surface area contributed by atoms with E-state index in [1.54, 1.807) is 6.20 Å². The molecule has 108 valence electrons. The number of benzene rings is 1. The minimum absolute atomic E-state index is 0.0979. The lowest BCUT2D eigenvalue weighted by molar-refractivity contribution is 0.512. The van der Waals surface area contributed by atoms with E-state index in [1.165, 1.54) is 12.1 Å². The average Bonchev–Trinajstić information content (AvgIpc) is 2.75. The van der Waals surface area contributed by atoms with Gasteiger partial charge in [-0.2, -0.15) is 0 Å². The Morgan fingerprint density at radius 2 is 2.00 bits per heavy atom. The Hall–Kier alpha value is -1.27. The molecule has 1 aromatic carbocycles. The molecule has 0 saturated carbocycles. The molecule has 0 saturated heterocycles. The molecule has 1 atom stereocenters. The summed E-state index contributed by atoms with van der Waals surface area (Å²) < 4.78 is 30.0. The van der Waals surface area contributed by atoms with Gasteiger partial charge in [-0.15, -0.1) is 0 Å². The highest BCUT2D eigenvalue weighted by atomic mass is 79.9. The second-order valence-electron chi connectivity index (χ2n) is 4.63. The van der Waals surface area contributed by atoms with Crippen molar-refractivity contribution in [3.05, 3.63) is 52.0 Å². The molecule has 6 heteroatoms. The number of aromatic nitrogens is 2. The highest BCUT2D eigenvalue weighted by Gasteiger charge is 2.19. The molecular weight excluding hydrogens is 328 g/mol. The zero-order valence-corrected chi connectivity index (χ0v) is 12.7. The van der Waals surface area contributed by atoms with Crippen LogP contribution in [0.1, 0.15) is 30.8 Å². The third-order valence-corrected chi connectivity index (χ3v) is 3.54. The van der Waals surface area contributed by atoms with Crippen LogP contribution < -0.4 is 5.73 Å². The second kappa shape index (κ2) is 6.45. The fourth-order valence-electron chi connectivity index (χ4n) is 2.18. The monoisotopic (exact) mass is 343 g/mol. The van der Waals surface area contributed by atoms with Crippen LogP contribution in [0.25, 0.3) is 0 Å². The van der Waals surface area contributed by atoms with Gasteiger partial charge in [0.15, 0.2) is 0 Å². The van der Waals surface area contributed by atoms with Crippen molar-refractivity contribution in [2.45, 2.75) is 32.4 Å². The Balaban J connectivity index is 2.24. The molecule has 2 N–H and O–H groups in total. The zero-order chi connectivity index (χ0) is 14.7. The molecule has 1 aromatic heterocycles. The normalized spacial score (nSPS) is 12.7. The standard InChI is InChI=1S/C14H16BrF2N3/c1-2-4-20-5-3-19-13(20)8-12(18)14-10(16)6-9(15)7-11(14)17/h3,5-7,12H,2,4,8,18H2,1H3. The van der Waals surface area contributed by atoms with Gasteiger partial charge < -0.3 is 10.3 Å². The van der Waals surface area contributed by atoms with Crippen LogP contribution in [0.3, 0.4) is 0 Å². The Kier molecular flexibility index (Phi) is 4.88. The van der Waals surface area contributed by atoms with Crippen molar-refractivity contribution >= 4 is 15.9 Å². The lowest BCUT2D eigenvalue weighted by Gasteiger charge is -2.15. The van der Waals surface area contributed by atoms with E-state index in [9.17, 15) is 8.78 Å². The van der Waals surface area contributed by atoms with E-state index in [4.69, 9.17) is 5.73 Å². The van der Waals surface area contributed by atoms with Gasteiger partial charge in [-0.3, -0.25) is 0 Å². The Labute approximate surface area is 124 Å². The topological polar surface area (TPSA) is 43.8 Å². The highest BCUT2D eigenvalue weighted by molar-refractivity contribution is 9.10. The summed E-state index contributed by atoms with van der Waals surface area (Å²) in [5.41, 5.74) is 5.86. The number of hydrogen-bond acceptors (Lipinski definition) is 2. The number of imidazole rings is 1. The first kappa shape index (κ1) is 15.1. The van der Waals surface area contributed by atoms with Crippen molar-refractivity contribution < 1.29 is 8.78 Å². The zero-order valence-electron chi connectivity index (χ0n) is 11.1. The smallest absolute Gasteiger partial charge is 0.132 e. The molecule has 0 amide bonds. The molecule has 3 nitrogen and oxygen atoms in total. The molecule has 20 heavy (non-hydrogen) atoms. The summed E-state index contributed by atoms with van der Waals surface area (Å²) >= 11 is 3.05. The van der Waals surface area contributed by atoms with E-state index in [-0.39, 0.29) is 5.56 Å². The van der Waals surface area contributed by atoms with Gasteiger partial charge in [-0.05, 0) is 18.6 Å². The van der Waals surface area contributed by atoms with E-state index < -0.39 is 17.7 Å². The lowest BCUT2D eigenvalue weighted by Crippen LogP contribution is -2.19. The maximum absolute atomic E-state index is 13.9. The second-order valence-corrected chi connectivity index (χ2v) is 5.55. The van der Waals surface area contributed by atoms with Crippen LogP contribution in [-0.2, 0) is 13.0 Å². The van der Waals surface area contributed by atoms with Gasteiger partial charge in [0, 0.05) is 41.4 Å². The van der Waals surface area contributed by atoms with Crippen molar-refractivity contribution in [1.82, 2.24) is 9.55 Å². The molecule has 2 rings (SSSR count). The summed E-state index contributed by atoms with van der Waals surface area (Å²) in [5.74, 6) is -0.544. The van der Waals surface area contributed by atoms with Crippen LogP contribution in [0.2, 0.25) is 0 Å². The van der Waals surface area contributed by atoms with Gasteiger partial charge in [0.2, 0.25) is 0 Å². The maximum atomic E-state index is 13.9. The van der Waals surface area contributed by atoms with Crippen LogP contribution in [-0.4, -0.2) is 9.55 Å². The van der Waals surface area contributed by atoms with Crippen LogP contribution in [0, 0.1) is 11.6 Å². The molecule has 2 aromatic rings. The lowest BCUT2D eigenvalue weighted by atomic mass is 10.0. The molecule has 1 unspecified atom stereocenters. The van der Waals surface area contributed by atoms with Crippen molar-refractivity contribution in [2.24, 2.45) is 5.73 Å². The van der Waals surface area contributed by atoms with Crippen molar-refractivity contribution in [3.63, 3.8) is 0 Å². The summed E-state index contributed by atoms with van der Waals surface area (Å²) in [5, 5.41) is 0. The maximum Gasteiger partial charge on any atom is 0.132 e. The Bertz CT molecular complexity index is 575. The fourth-order valence-corrected chi connectivity index (χ4v) is 2.58. The number of hydrogen-bond donors (Lipinski definition) is 1. The number of nitrogens with two attached hydrogens (primary N) is 1. The third kappa shape index (κ3) is 3.24. The summed E-state index contributed by atoms with van der Waals surface area (Å²) in [6, 6.07) is 1.68. The summed E-state index contributed by atoms with van der Waals surface area (Å²) in [7, 11) is 0. The summed E-state index contributed by atoms with van der Waals surface area (Å²) in [4.78, 5) is 4.21. The minimum Gasteiger partial charge on any atom is -0.335 e. The molecule has 0 aliphatic rings. The van der Waals surface area contributed by atoms with Crippen LogP contribution in [0.5, 0.6) is 0 Å². The molecule has 0 spiro atoms. The largest absolute Gasteiger partial charge is 0.335 e. The van der Waals surface area contributed by atoms with Gasteiger partial charge in [-0.1, -0.05) is 22.9 Å². The molecule has 1 heterocycles. The van der Waals surface area contributed by atoms with E-state index in [2.05, 4.69) is 27.8 Å². The predicted molar refractivity (Wildman–Crippen MR) is 77.2 cm³/mol. The first-order chi connectivity index (χ1) is 9.52. The summed E-state index contributed by atoms with van der Waals surface area (Å²) in [6.45, 7) is 2.87. The van der Waals surface area contributed by atoms with E-state index in [0.717, 1.165) is 18.8 Å².